The molecule has 0 spiro atoms. The second kappa shape index (κ2) is 9.15. The van der Waals surface area contributed by atoms with Gasteiger partial charge in [0.2, 0.25) is 0 Å². The molecule has 1 unspecified atom stereocenters. The van der Waals surface area contributed by atoms with Crippen LogP contribution in [-0.4, -0.2) is 4.57 Å². The molecule has 0 bridgehead atoms. The SMILES string of the molecule is CC1C=Cc2sc3c(-c4cc5cc6c(ccn6-c6ccccc6)cc5c5c4ccc4c6ccccc6sc45)cccc3c2C1. The van der Waals surface area contributed by atoms with E-state index >= 15 is 0 Å². The second-order valence-electron chi connectivity index (χ2n) is 12.2. The van der Waals surface area contributed by atoms with Gasteiger partial charge in [0.1, 0.15) is 0 Å². The van der Waals surface area contributed by atoms with Crippen LogP contribution in [0.2, 0.25) is 0 Å². The minimum absolute atomic E-state index is 0.579. The standard InChI is InChI=1S/C41H27NS2/c1-24-14-17-38-35(20-24)31-12-7-11-30(40(31)43-38)34-22-26-23-36-25(18-19-42(36)27-8-3-2-4-9-27)21-33(26)39-29(34)15-16-32-28-10-5-6-13-37(28)44-41(32)39/h2-19,21-24H,20H2,1H3. The second-order valence-corrected chi connectivity index (χ2v) is 14.3. The number of aromatic nitrogens is 1. The fourth-order valence-electron chi connectivity index (χ4n) is 7.47. The van der Waals surface area contributed by atoms with E-state index in [1.807, 2.05) is 22.7 Å². The summed E-state index contributed by atoms with van der Waals surface area (Å²) in [7, 11) is 0. The van der Waals surface area contributed by atoms with Gasteiger partial charge in [0.25, 0.3) is 0 Å². The summed E-state index contributed by atoms with van der Waals surface area (Å²) in [5.74, 6) is 0.579. The van der Waals surface area contributed by atoms with Crippen molar-refractivity contribution in [3.63, 3.8) is 0 Å². The van der Waals surface area contributed by atoms with Gasteiger partial charge in [-0.05, 0) is 93.6 Å². The quantitative estimate of drug-likeness (QED) is 0.175. The number of nitrogens with zero attached hydrogens (tertiary/aromatic N) is 1. The molecule has 208 valence electrons. The summed E-state index contributed by atoms with van der Waals surface area (Å²) < 4.78 is 6.45. The Hall–Kier alpha value is -4.70. The molecule has 0 aliphatic heterocycles. The molecule has 6 aromatic carbocycles. The first-order chi connectivity index (χ1) is 21.7. The van der Waals surface area contributed by atoms with E-state index in [0.717, 1.165) is 6.42 Å². The molecule has 0 fully saturated rings. The zero-order chi connectivity index (χ0) is 28.9. The van der Waals surface area contributed by atoms with E-state index in [2.05, 4.69) is 139 Å². The third-order valence-electron chi connectivity index (χ3n) is 9.54. The molecule has 0 saturated carbocycles. The Kier molecular flexibility index (Phi) is 5.14. The highest BCUT2D eigenvalue weighted by Crippen LogP contribution is 2.48. The topological polar surface area (TPSA) is 4.93 Å². The van der Waals surface area contributed by atoms with Gasteiger partial charge in [-0.25, -0.2) is 0 Å². The van der Waals surface area contributed by atoms with Gasteiger partial charge in [0.15, 0.2) is 0 Å². The van der Waals surface area contributed by atoms with E-state index < -0.39 is 0 Å². The van der Waals surface area contributed by atoms with Crippen molar-refractivity contribution in [1.82, 2.24) is 4.57 Å². The zero-order valence-corrected chi connectivity index (χ0v) is 25.8. The van der Waals surface area contributed by atoms with Crippen LogP contribution in [0.5, 0.6) is 0 Å². The van der Waals surface area contributed by atoms with Gasteiger partial charge in [-0.2, -0.15) is 0 Å². The Labute approximate surface area is 262 Å². The summed E-state index contributed by atoms with van der Waals surface area (Å²) in [6.07, 6.45) is 8.05. The predicted octanol–water partition coefficient (Wildman–Crippen LogP) is 12.4. The monoisotopic (exact) mass is 597 g/mol. The third-order valence-corrected chi connectivity index (χ3v) is 12.0. The third kappa shape index (κ3) is 3.45. The molecule has 44 heavy (non-hydrogen) atoms. The van der Waals surface area contributed by atoms with Gasteiger partial charge in [0.05, 0.1) is 5.52 Å². The first kappa shape index (κ1) is 24.7. The summed E-state index contributed by atoms with van der Waals surface area (Å²) in [6.45, 7) is 2.33. The maximum atomic E-state index is 2.46. The van der Waals surface area contributed by atoms with Crippen LogP contribution in [0.4, 0.5) is 0 Å². The van der Waals surface area contributed by atoms with E-state index in [1.54, 1.807) is 0 Å². The lowest BCUT2D eigenvalue weighted by Gasteiger charge is -2.14. The maximum Gasteiger partial charge on any atom is 0.0534 e. The largest absolute Gasteiger partial charge is 0.317 e. The number of allylic oxidation sites excluding steroid dienone is 1. The van der Waals surface area contributed by atoms with Crippen LogP contribution in [0.1, 0.15) is 17.4 Å². The molecular formula is C41H27NS2. The zero-order valence-electron chi connectivity index (χ0n) is 24.2. The van der Waals surface area contributed by atoms with E-state index in [1.165, 1.54) is 90.0 Å². The number of hydrogen-bond donors (Lipinski definition) is 0. The van der Waals surface area contributed by atoms with Crippen molar-refractivity contribution in [2.75, 3.05) is 0 Å². The van der Waals surface area contributed by atoms with E-state index in [0.29, 0.717) is 5.92 Å². The average molecular weight is 598 g/mol. The number of para-hydroxylation sites is 1. The normalized spacial score (nSPS) is 15.0. The lowest BCUT2D eigenvalue weighted by molar-refractivity contribution is 0.724. The summed E-state index contributed by atoms with van der Waals surface area (Å²) >= 11 is 3.89. The van der Waals surface area contributed by atoms with Crippen LogP contribution in [0, 0.1) is 5.92 Å². The minimum Gasteiger partial charge on any atom is -0.317 e. The van der Waals surface area contributed by atoms with Crippen LogP contribution in [-0.2, 0) is 6.42 Å². The van der Waals surface area contributed by atoms with Crippen LogP contribution in [0.25, 0.3) is 85.6 Å². The highest BCUT2D eigenvalue weighted by molar-refractivity contribution is 7.26. The molecule has 1 aliphatic rings. The number of benzene rings is 6. The first-order valence-corrected chi connectivity index (χ1v) is 16.9. The van der Waals surface area contributed by atoms with E-state index in [9.17, 15) is 0 Å². The first-order valence-electron chi connectivity index (χ1n) is 15.3. The van der Waals surface area contributed by atoms with Gasteiger partial charge in [0, 0.05) is 58.0 Å². The van der Waals surface area contributed by atoms with Crippen molar-refractivity contribution in [3.8, 4) is 16.8 Å². The Morgan fingerprint density at radius 1 is 0.636 bits per heavy atom. The molecule has 0 amide bonds. The molecule has 3 aromatic heterocycles. The summed E-state index contributed by atoms with van der Waals surface area (Å²) in [6, 6.07) is 40.8. The highest BCUT2D eigenvalue weighted by Gasteiger charge is 2.21. The van der Waals surface area contributed by atoms with Gasteiger partial charge in [-0.1, -0.05) is 79.7 Å². The molecule has 3 heteroatoms. The van der Waals surface area contributed by atoms with Crippen molar-refractivity contribution >= 4 is 91.5 Å². The van der Waals surface area contributed by atoms with Crippen molar-refractivity contribution in [1.29, 1.82) is 0 Å². The molecule has 0 radical (unpaired) electrons. The van der Waals surface area contributed by atoms with Gasteiger partial charge < -0.3 is 4.57 Å². The Bertz CT molecular complexity index is 2650. The molecule has 1 nitrogen and oxygen atoms in total. The van der Waals surface area contributed by atoms with Crippen molar-refractivity contribution in [2.24, 2.45) is 5.92 Å². The van der Waals surface area contributed by atoms with Gasteiger partial charge >= 0.3 is 0 Å². The highest BCUT2D eigenvalue weighted by atomic mass is 32.1. The number of rotatable bonds is 2. The molecule has 0 N–H and O–H groups in total. The summed E-state index contributed by atoms with van der Waals surface area (Å²) in [4.78, 5) is 1.42. The van der Waals surface area contributed by atoms with Gasteiger partial charge in [-0.3, -0.25) is 0 Å². The predicted molar refractivity (Wildman–Crippen MR) is 194 cm³/mol. The van der Waals surface area contributed by atoms with Crippen LogP contribution < -0.4 is 0 Å². The van der Waals surface area contributed by atoms with Crippen molar-refractivity contribution in [2.45, 2.75) is 13.3 Å². The number of hydrogen-bond acceptors (Lipinski definition) is 2. The van der Waals surface area contributed by atoms with Crippen molar-refractivity contribution in [3.05, 3.63) is 132 Å². The Morgan fingerprint density at radius 2 is 1.48 bits per heavy atom. The van der Waals surface area contributed by atoms with Crippen molar-refractivity contribution < 1.29 is 0 Å². The number of thiophene rings is 2. The molecule has 3 heterocycles. The molecule has 1 atom stereocenters. The molecule has 1 aliphatic carbocycles. The molecule has 0 saturated heterocycles. The lowest BCUT2D eigenvalue weighted by atomic mass is 9.89. The number of fused-ring (bicyclic) bond motifs is 11. The van der Waals surface area contributed by atoms with Crippen LogP contribution >= 0.6 is 22.7 Å². The lowest BCUT2D eigenvalue weighted by Crippen LogP contribution is -2.00. The fraction of sp³-hybridized carbons (Fsp3) is 0.0732. The molecule has 10 rings (SSSR count). The smallest absolute Gasteiger partial charge is 0.0534 e. The Morgan fingerprint density at radius 3 is 2.41 bits per heavy atom. The van der Waals surface area contributed by atoms with E-state index in [4.69, 9.17) is 0 Å². The average Bonchev–Trinajstić information content (AvgIpc) is 3.76. The Balaban J connectivity index is 1.35. The van der Waals surface area contributed by atoms with Crippen LogP contribution in [0.3, 0.4) is 0 Å². The van der Waals surface area contributed by atoms with Crippen LogP contribution in [0.15, 0.2) is 121 Å². The summed E-state index contributed by atoms with van der Waals surface area (Å²) in [5.41, 5.74) is 6.60. The van der Waals surface area contributed by atoms with E-state index in [-0.39, 0.29) is 0 Å². The minimum atomic E-state index is 0.579. The fourth-order valence-corrected chi connectivity index (χ4v) is 10.0. The maximum absolute atomic E-state index is 2.46. The summed E-state index contributed by atoms with van der Waals surface area (Å²) in [5, 5.41) is 10.7. The molecule has 9 aromatic rings. The van der Waals surface area contributed by atoms with Gasteiger partial charge in [-0.15, -0.1) is 22.7 Å². The molecular weight excluding hydrogens is 571 g/mol.